The van der Waals surface area contributed by atoms with Crippen molar-refractivity contribution in [3.63, 3.8) is 0 Å². The van der Waals surface area contributed by atoms with Gasteiger partial charge in [0.15, 0.2) is 0 Å². The summed E-state index contributed by atoms with van der Waals surface area (Å²) in [4.78, 5) is 10.4. The SMILES string of the molecule is CCCCC[C@H](O)C=C[C@@H]1O[C@@H]1CCCCCCCC(=O)O. The summed E-state index contributed by atoms with van der Waals surface area (Å²) in [5.74, 6) is -0.696. The van der Waals surface area contributed by atoms with E-state index in [1.54, 1.807) is 0 Å². The minimum atomic E-state index is -0.696. The number of rotatable bonds is 14. The van der Waals surface area contributed by atoms with E-state index < -0.39 is 5.97 Å². The van der Waals surface area contributed by atoms with Gasteiger partial charge in [-0.2, -0.15) is 0 Å². The number of unbranched alkanes of at least 4 members (excludes halogenated alkanes) is 6. The molecule has 0 aromatic carbocycles. The van der Waals surface area contributed by atoms with Crippen molar-refractivity contribution in [3.05, 3.63) is 12.2 Å². The summed E-state index contributed by atoms with van der Waals surface area (Å²) in [6, 6.07) is 0. The van der Waals surface area contributed by atoms with Gasteiger partial charge in [-0.15, -0.1) is 0 Å². The molecule has 22 heavy (non-hydrogen) atoms. The topological polar surface area (TPSA) is 70.1 Å². The van der Waals surface area contributed by atoms with Crippen LogP contribution in [0.3, 0.4) is 0 Å². The number of aliphatic carboxylic acids is 1. The highest BCUT2D eigenvalue weighted by Gasteiger charge is 2.35. The summed E-state index contributed by atoms with van der Waals surface area (Å²) in [7, 11) is 0. The maximum Gasteiger partial charge on any atom is 0.303 e. The van der Waals surface area contributed by atoms with E-state index in [2.05, 4.69) is 6.92 Å². The third kappa shape index (κ3) is 9.96. The van der Waals surface area contributed by atoms with E-state index in [-0.39, 0.29) is 12.2 Å². The monoisotopic (exact) mass is 312 g/mol. The first kappa shape index (κ1) is 19.2. The zero-order valence-corrected chi connectivity index (χ0v) is 13.9. The third-order valence-corrected chi connectivity index (χ3v) is 4.13. The Kier molecular flexibility index (Phi) is 10.2. The van der Waals surface area contributed by atoms with E-state index in [0.717, 1.165) is 51.4 Å². The first-order valence-corrected chi connectivity index (χ1v) is 8.87. The van der Waals surface area contributed by atoms with Crippen molar-refractivity contribution in [2.24, 2.45) is 0 Å². The van der Waals surface area contributed by atoms with Crippen LogP contribution in [0.25, 0.3) is 0 Å². The number of ether oxygens (including phenoxy) is 1. The van der Waals surface area contributed by atoms with Crippen molar-refractivity contribution in [2.45, 2.75) is 95.9 Å². The second-order valence-corrected chi connectivity index (χ2v) is 6.29. The zero-order chi connectivity index (χ0) is 16.2. The van der Waals surface area contributed by atoms with Gasteiger partial charge < -0.3 is 14.9 Å². The molecule has 1 saturated heterocycles. The first-order chi connectivity index (χ1) is 10.6. The molecular weight excluding hydrogens is 280 g/mol. The molecule has 0 radical (unpaired) electrons. The van der Waals surface area contributed by atoms with Crippen molar-refractivity contribution in [2.75, 3.05) is 0 Å². The number of aliphatic hydroxyl groups is 1. The average Bonchev–Trinajstić information content (AvgIpc) is 3.22. The third-order valence-electron chi connectivity index (χ3n) is 4.13. The van der Waals surface area contributed by atoms with Gasteiger partial charge in [-0.25, -0.2) is 0 Å². The highest BCUT2D eigenvalue weighted by Crippen LogP contribution is 2.29. The fraction of sp³-hybridized carbons (Fsp3) is 0.833. The maximum atomic E-state index is 10.4. The summed E-state index contributed by atoms with van der Waals surface area (Å²) in [6.07, 6.45) is 14.9. The largest absolute Gasteiger partial charge is 0.481 e. The number of hydrogen-bond acceptors (Lipinski definition) is 3. The Bertz CT molecular complexity index is 327. The minimum Gasteiger partial charge on any atom is -0.481 e. The molecule has 2 N–H and O–H groups in total. The minimum absolute atomic E-state index is 0.202. The molecule has 0 amide bonds. The van der Waals surface area contributed by atoms with Gasteiger partial charge in [0, 0.05) is 6.42 Å². The summed E-state index contributed by atoms with van der Waals surface area (Å²) >= 11 is 0. The van der Waals surface area contributed by atoms with E-state index in [4.69, 9.17) is 9.84 Å². The average molecular weight is 312 g/mol. The number of carboxylic acids is 1. The van der Waals surface area contributed by atoms with Crippen molar-refractivity contribution in [1.29, 1.82) is 0 Å². The number of aliphatic hydroxyl groups excluding tert-OH is 1. The van der Waals surface area contributed by atoms with Crippen LogP contribution in [0, 0.1) is 0 Å². The summed E-state index contributed by atoms with van der Waals surface area (Å²) in [5.41, 5.74) is 0. The van der Waals surface area contributed by atoms with E-state index in [9.17, 15) is 9.90 Å². The molecule has 0 bridgehead atoms. The van der Waals surface area contributed by atoms with Gasteiger partial charge in [0.1, 0.15) is 6.10 Å². The fourth-order valence-corrected chi connectivity index (χ4v) is 2.65. The molecule has 0 aliphatic carbocycles. The van der Waals surface area contributed by atoms with Gasteiger partial charge in [0.2, 0.25) is 0 Å². The molecule has 4 nitrogen and oxygen atoms in total. The van der Waals surface area contributed by atoms with E-state index in [1.807, 2.05) is 12.2 Å². The Balaban J connectivity index is 1.92. The van der Waals surface area contributed by atoms with Gasteiger partial charge in [-0.3, -0.25) is 4.79 Å². The molecule has 0 saturated carbocycles. The van der Waals surface area contributed by atoms with E-state index >= 15 is 0 Å². The number of epoxide rings is 1. The Morgan fingerprint density at radius 2 is 1.86 bits per heavy atom. The number of carbonyl (C=O) groups is 1. The molecule has 0 aromatic rings. The Labute approximate surface area is 134 Å². The van der Waals surface area contributed by atoms with Crippen molar-refractivity contribution >= 4 is 5.97 Å². The van der Waals surface area contributed by atoms with E-state index in [0.29, 0.717) is 12.5 Å². The molecule has 0 unspecified atom stereocenters. The lowest BCUT2D eigenvalue weighted by molar-refractivity contribution is -0.137. The van der Waals surface area contributed by atoms with Crippen LogP contribution in [0.1, 0.15) is 77.6 Å². The van der Waals surface area contributed by atoms with Crippen LogP contribution in [-0.4, -0.2) is 34.5 Å². The van der Waals surface area contributed by atoms with Gasteiger partial charge in [0.05, 0.1) is 12.2 Å². The lowest BCUT2D eigenvalue weighted by Gasteiger charge is -2.03. The molecule has 0 aromatic heterocycles. The molecule has 1 aliphatic heterocycles. The quantitative estimate of drug-likeness (QED) is 0.288. The Morgan fingerprint density at radius 1 is 1.14 bits per heavy atom. The molecule has 128 valence electrons. The van der Waals surface area contributed by atoms with Crippen LogP contribution >= 0.6 is 0 Å². The summed E-state index contributed by atoms with van der Waals surface area (Å²) in [5, 5.41) is 18.3. The molecule has 1 rings (SSSR count). The van der Waals surface area contributed by atoms with E-state index in [1.165, 1.54) is 12.8 Å². The van der Waals surface area contributed by atoms with Gasteiger partial charge >= 0.3 is 5.97 Å². The normalized spacial score (nSPS) is 22.1. The van der Waals surface area contributed by atoms with Gasteiger partial charge in [0.25, 0.3) is 0 Å². The molecule has 4 heteroatoms. The predicted molar refractivity (Wildman–Crippen MR) is 87.9 cm³/mol. The maximum absolute atomic E-state index is 10.4. The predicted octanol–water partition coefficient (Wildman–Crippen LogP) is 4.07. The van der Waals surface area contributed by atoms with Crippen LogP contribution in [0.4, 0.5) is 0 Å². The van der Waals surface area contributed by atoms with Crippen LogP contribution in [-0.2, 0) is 9.53 Å². The molecule has 1 heterocycles. The molecular formula is C18H32O4. The van der Waals surface area contributed by atoms with Crippen molar-refractivity contribution < 1.29 is 19.7 Å². The van der Waals surface area contributed by atoms with Gasteiger partial charge in [-0.1, -0.05) is 64.0 Å². The summed E-state index contributed by atoms with van der Waals surface area (Å²) < 4.78 is 5.58. The lowest BCUT2D eigenvalue weighted by atomic mass is 10.1. The first-order valence-electron chi connectivity index (χ1n) is 8.87. The molecule has 1 fully saturated rings. The van der Waals surface area contributed by atoms with Crippen LogP contribution < -0.4 is 0 Å². The zero-order valence-electron chi connectivity index (χ0n) is 13.9. The summed E-state index contributed by atoms with van der Waals surface area (Å²) in [6.45, 7) is 2.16. The van der Waals surface area contributed by atoms with Crippen molar-refractivity contribution in [1.82, 2.24) is 0 Å². The van der Waals surface area contributed by atoms with Crippen LogP contribution in [0.15, 0.2) is 12.2 Å². The molecule has 1 aliphatic rings. The highest BCUT2D eigenvalue weighted by molar-refractivity contribution is 5.66. The lowest BCUT2D eigenvalue weighted by Crippen LogP contribution is -2.02. The Hall–Kier alpha value is -0.870. The molecule has 0 spiro atoms. The van der Waals surface area contributed by atoms with Crippen molar-refractivity contribution in [3.8, 4) is 0 Å². The van der Waals surface area contributed by atoms with Crippen LogP contribution in [0.5, 0.6) is 0 Å². The number of hydrogen-bond donors (Lipinski definition) is 2. The van der Waals surface area contributed by atoms with Crippen LogP contribution in [0.2, 0.25) is 0 Å². The second-order valence-electron chi connectivity index (χ2n) is 6.29. The molecule has 3 atom stereocenters. The highest BCUT2D eigenvalue weighted by atomic mass is 16.6. The van der Waals surface area contributed by atoms with Gasteiger partial charge in [-0.05, 0) is 19.3 Å². The smallest absolute Gasteiger partial charge is 0.303 e. The second kappa shape index (κ2) is 11.7. The fourth-order valence-electron chi connectivity index (χ4n) is 2.65. The standard InChI is InChI=1S/C18H32O4/c1-2-3-7-10-15(19)13-14-17-16(22-17)11-8-5-4-6-9-12-18(20)21/h13-17,19H,2-12H2,1H3,(H,20,21)/t15-,16+,17-/m0/s1. The Morgan fingerprint density at radius 3 is 2.59 bits per heavy atom. The number of carboxylic acid groups (broad SMARTS) is 1.